The third-order valence-electron chi connectivity index (χ3n) is 5.01. The lowest BCUT2D eigenvalue weighted by molar-refractivity contribution is -0.122. The van der Waals surface area contributed by atoms with Gasteiger partial charge in [0.2, 0.25) is 5.91 Å². The number of carbonyl (C=O) groups excluding carboxylic acids is 3. The Labute approximate surface area is 191 Å². The van der Waals surface area contributed by atoms with E-state index in [0.717, 1.165) is 8.47 Å². The van der Waals surface area contributed by atoms with Gasteiger partial charge < -0.3 is 4.90 Å². The number of carbonyl (C=O) groups is 3. The molecule has 8 heteroatoms. The second-order valence-electron chi connectivity index (χ2n) is 7.06. The highest BCUT2D eigenvalue weighted by molar-refractivity contribution is 14.1. The first kappa shape index (κ1) is 21.1. The maximum absolute atomic E-state index is 13.3. The van der Waals surface area contributed by atoms with E-state index in [9.17, 15) is 18.8 Å². The first-order valence-corrected chi connectivity index (χ1v) is 10.6. The Kier molecular flexibility index (Phi) is 6.08. The summed E-state index contributed by atoms with van der Waals surface area (Å²) < 4.78 is 14.3. The zero-order valence-electron chi connectivity index (χ0n) is 16.2. The minimum absolute atomic E-state index is 0.0915. The molecule has 2 heterocycles. The molecule has 0 aliphatic carbocycles. The zero-order chi connectivity index (χ0) is 22.0. The predicted octanol–water partition coefficient (Wildman–Crippen LogP) is 3.80. The van der Waals surface area contributed by atoms with Crippen molar-refractivity contribution < 1.29 is 18.8 Å². The molecule has 4 rings (SSSR count). The molecular weight excluding hydrogens is 512 g/mol. The highest BCUT2D eigenvalue weighted by atomic mass is 127. The van der Waals surface area contributed by atoms with Crippen LogP contribution >= 0.6 is 22.6 Å². The van der Waals surface area contributed by atoms with Gasteiger partial charge in [0.1, 0.15) is 11.9 Å². The van der Waals surface area contributed by atoms with Gasteiger partial charge in [0.05, 0.1) is 12.1 Å². The van der Waals surface area contributed by atoms with Crippen molar-refractivity contribution in [2.45, 2.75) is 19.0 Å². The Morgan fingerprint density at radius 2 is 1.81 bits per heavy atom. The molecule has 3 amide bonds. The van der Waals surface area contributed by atoms with Gasteiger partial charge in [-0.15, -0.1) is 0 Å². The largest absolute Gasteiger partial charge is 0.322 e. The first-order valence-electron chi connectivity index (χ1n) is 9.52. The van der Waals surface area contributed by atoms with Crippen molar-refractivity contribution in [1.82, 2.24) is 9.88 Å². The molecule has 156 valence electrons. The first-order chi connectivity index (χ1) is 14.9. The number of benzene rings is 2. The number of hydrogen-bond acceptors (Lipinski definition) is 4. The standard InChI is InChI=1S/C23H17FIN3O3/c24-17-5-3-16(4-6-17)22(30)27(14-15-2-1-11-26-13-15)20-12-21(29)28(23(20)31)19-9-7-18(25)8-10-19/h1-11,13,20H,12,14H2. The molecule has 6 nitrogen and oxygen atoms in total. The molecule has 1 atom stereocenters. The molecule has 0 bridgehead atoms. The molecule has 1 saturated heterocycles. The smallest absolute Gasteiger partial charge is 0.257 e. The van der Waals surface area contributed by atoms with E-state index < -0.39 is 23.7 Å². The van der Waals surface area contributed by atoms with Crippen molar-refractivity contribution in [1.29, 1.82) is 0 Å². The topological polar surface area (TPSA) is 70.6 Å². The van der Waals surface area contributed by atoms with Crippen LogP contribution in [0.3, 0.4) is 0 Å². The summed E-state index contributed by atoms with van der Waals surface area (Å²) in [5.74, 6) is -1.77. The van der Waals surface area contributed by atoms with Gasteiger partial charge in [0, 0.05) is 28.1 Å². The lowest BCUT2D eigenvalue weighted by atomic mass is 10.1. The minimum Gasteiger partial charge on any atom is -0.322 e. The molecule has 2 aromatic carbocycles. The van der Waals surface area contributed by atoms with Gasteiger partial charge in [-0.3, -0.25) is 19.4 Å². The Morgan fingerprint density at radius 1 is 1.10 bits per heavy atom. The summed E-state index contributed by atoms with van der Waals surface area (Å²) in [5.41, 5.74) is 1.41. The number of anilines is 1. The van der Waals surface area contributed by atoms with Crippen molar-refractivity contribution in [3.63, 3.8) is 0 Å². The molecule has 1 unspecified atom stereocenters. The number of nitrogens with zero attached hydrogens (tertiary/aromatic N) is 3. The molecule has 1 fully saturated rings. The zero-order valence-corrected chi connectivity index (χ0v) is 18.4. The van der Waals surface area contributed by atoms with E-state index in [2.05, 4.69) is 27.6 Å². The quantitative estimate of drug-likeness (QED) is 0.373. The summed E-state index contributed by atoms with van der Waals surface area (Å²) >= 11 is 2.14. The van der Waals surface area contributed by atoms with E-state index in [1.165, 1.54) is 29.2 Å². The average molecular weight is 529 g/mol. The number of rotatable bonds is 5. The van der Waals surface area contributed by atoms with Gasteiger partial charge in [0.25, 0.3) is 11.8 Å². The lowest BCUT2D eigenvalue weighted by Gasteiger charge is -2.28. The number of imide groups is 1. The molecule has 0 saturated carbocycles. The molecule has 1 aromatic heterocycles. The van der Waals surface area contributed by atoms with E-state index >= 15 is 0 Å². The Morgan fingerprint density at radius 3 is 2.45 bits per heavy atom. The third-order valence-corrected chi connectivity index (χ3v) is 5.73. The molecule has 3 aromatic rings. The molecule has 0 radical (unpaired) electrons. The highest BCUT2D eigenvalue weighted by Gasteiger charge is 2.44. The SMILES string of the molecule is O=C1CC(N(Cc2cccnc2)C(=O)c2ccc(F)cc2)C(=O)N1c1ccc(I)cc1. The fourth-order valence-corrected chi connectivity index (χ4v) is 3.85. The number of halogens is 2. The minimum atomic E-state index is -0.968. The second-order valence-corrected chi connectivity index (χ2v) is 8.31. The highest BCUT2D eigenvalue weighted by Crippen LogP contribution is 2.28. The average Bonchev–Trinajstić information content (AvgIpc) is 3.07. The van der Waals surface area contributed by atoms with E-state index in [4.69, 9.17) is 0 Å². The number of hydrogen-bond donors (Lipinski definition) is 0. The van der Waals surface area contributed by atoms with Gasteiger partial charge in [-0.2, -0.15) is 0 Å². The van der Waals surface area contributed by atoms with Crippen molar-refractivity contribution in [2.75, 3.05) is 4.90 Å². The van der Waals surface area contributed by atoms with E-state index in [0.29, 0.717) is 11.3 Å². The van der Waals surface area contributed by atoms with Gasteiger partial charge >= 0.3 is 0 Å². The van der Waals surface area contributed by atoms with Crippen molar-refractivity contribution in [3.05, 3.63) is 93.6 Å². The van der Waals surface area contributed by atoms with E-state index in [1.807, 2.05) is 0 Å². The summed E-state index contributed by atoms with van der Waals surface area (Å²) in [5, 5.41) is 0. The van der Waals surface area contributed by atoms with Crippen LogP contribution in [0, 0.1) is 9.39 Å². The van der Waals surface area contributed by atoms with Crippen LogP contribution in [0.5, 0.6) is 0 Å². The predicted molar refractivity (Wildman–Crippen MR) is 121 cm³/mol. The van der Waals surface area contributed by atoms with Crippen molar-refractivity contribution in [2.24, 2.45) is 0 Å². The number of aromatic nitrogens is 1. The van der Waals surface area contributed by atoms with Gasteiger partial charge in [0.15, 0.2) is 0 Å². The van der Waals surface area contributed by atoms with Crippen LogP contribution in [0.4, 0.5) is 10.1 Å². The van der Waals surface area contributed by atoms with Crippen LogP contribution in [0.25, 0.3) is 0 Å². The summed E-state index contributed by atoms with van der Waals surface area (Å²) in [6, 6.07) is 14.7. The van der Waals surface area contributed by atoms with Crippen LogP contribution in [0.15, 0.2) is 73.1 Å². The second kappa shape index (κ2) is 8.93. The Bertz CT molecular complexity index is 1120. The van der Waals surface area contributed by atoms with Crippen LogP contribution in [-0.2, 0) is 16.1 Å². The molecule has 31 heavy (non-hydrogen) atoms. The monoisotopic (exact) mass is 529 g/mol. The molecule has 1 aliphatic rings. The van der Waals surface area contributed by atoms with Gasteiger partial charge in [-0.25, -0.2) is 9.29 Å². The normalized spacial score (nSPS) is 15.9. The van der Waals surface area contributed by atoms with E-state index in [1.54, 1.807) is 48.8 Å². The van der Waals surface area contributed by atoms with Gasteiger partial charge in [-0.05, 0) is 82.8 Å². The summed E-state index contributed by atoms with van der Waals surface area (Å²) in [7, 11) is 0. The summed E-state index contributed by atoms with van der Waals surface area (Å²) in [6.07, 6.45) is 3.08. The number of pyridine rings is 1. The molecule has 0 spiro atoms. The maximum atomic E-state index is 13.3. The lowest BCUT2D eigenvalue weighted by Crippen LogP contribution is -2.45. The molecule has 1 aliphatic heterocycles. The molecule has 0 N–H and O–H groups in total. The fraction of sp³-hybridized carbons (Fsp3) is 0.130. The van der Waals surface area contributed by atoms with Crippen molar-refractivity contribution in [3.8, 4) is 0 Å². The Hall–Kier alpha value is -3.14. The Balaban J connectivity index is 1.68. The van der Waals surface area contributed by atoms with E-state index in [-0.39, 0.29) is 24.4 Å². The number of amides is 3. The summed E-state index contributed by atoms with van der Waals surface area (Å²) in [4.78, 5) is 45.8. The van der Waals surface area contributed by atoms with Crippen molar-refractivity contribution >= 4 is 46.0 Å². The van der Waals surface area contributed by atoms with Crippen LogP contribution < -0.4 is 4.90 Å². The van der Waals surface area contributed by atoms with Gasteiger partial charge in [-0.1, -0.05) is 6.07 Å². The third kappa shape index (κ3) is 4.48. The van der Waals surface area contributed by atoms with Crippen LogP contribution in [0.1, 0.15) is 22.3 Å². The summed E-state index contributed by atoms with van der Waals surface area (Å²) in [6.45, 7) is 0.0915. The van der Waals surface area contributed by atoms with Crippen LogP contribution in [-0.4, -0.2) is 33.6 Å². The fourth-order valence-electron chi connectivity index (χ4n) is 3.49. The maximum Gasteiger partial charge on any atom is 0.257 e. The van der Waals surface area contributed by atoms with Crippen LogP contribution in [0.2, 0.25) is 0 Å². The molecular formula is C23H17FIN3O3.